The van der Waals surface area contributed by atoms with Crippen LogP contribution in [0.25, 0.3) is 22.3 Å². The third-order valence-corrected chi connectivity index (χ3v) is 16.1. The lowest BCUT2D eigenvalue weighted by molar-refractivity contribution is -0.385. The number of hydrogen-bond donors (Lipinski definition) is 3. The maximum Gasteiger partial charge on any atom is 0.305 e. The maximum absolute atomic E-state index is 12.6. The van der Waals surface area contributed by atoms with Crippen LogP contribution in [0.1, 0.15) is 114 Å². The van der Waals surface area contributed by atoms with Crippen molar-refractivity contribution in [3.63, 3.8) is 0 Å². The molecule has 6 aromatic carbocycles. The summed E-state index contributed by atoms with van der Waals surface area (Å²) in [7, 11) is 0. The summed E-state index contributed by atoms with van der Waals surface area (Å²) in [5.41, 5.74) is 23.6. The summed E-state index contributed by atoms with van der Waals surface area (Å²) < 4.78 is 11.3. The predicted molar refractivity (Wildman–Crippen MR) is 321 cm³/mol. The Hall–Kier alpha value is -9.38. The molecule has 0 bridgehead atoms. The van der Waals surface area contributed by atoms with Gasteiger partial charge >= 0.3 is 11.9 Å². The quantitative estimate of drug-likeness (QED) is 0.0298. The van der Waals surface area contributed by atoms with Gasteiger partial charge in [0, 0.05) is 118 Å². The van der Waals surface area contributed by atoms with E-state index in [1.54, 1.807) is 24.4 Å². The normalized spacial score (nSPS) is 14.0. The van der Waals surface area contributed by atoms with Crippen molar-refractivity contribution in [2.24, 2.45) is 0 Å². The van der Waals surface area contributed by atoms with Crippen molar-refractivity contribution in [1.82, 2.24) is 30.4 Å². The number of ether oxygens (including phenoxy) is 2. The number of esters is 2. The number of fused-ring (bicyclic) bond motifs is 8. The molecule has 12 rings (SSSR count). The first-order valence-corrected chi connectivity index (χ1v) is 28.7. The van der Waals surface area contributed by atoms with Gasteiger partial charge in [-0.25, -0.2) is 0 Å². The van der Waals surface area contributed by atoms with E-state index in [2.05, 4.69) is 78.9 Å². The molecule has 0 fully saturated rings. The molecule has 0 radical (unpaired) electrons. The number of nitrogen functional groups attached to an aromatic ring is 1. The minimum absolute atomic E-state index is 0.00856. The molecule has 84 heavy (non-hydrogen) atoms. The maximum atomic E-state index is 12.6. The van der Waals surface area contributed by atoms with Crippen molar-refractivity contribution in [3.8, 4) is 22.3 Å². The van der Waals surface area contributed by atoms with Crippen LogP contribution in [0.15, 0.2) is 170 Å². The predicted octanol–water partition coefficient (Wildman–Crippen LogP) is 10.5. The van der Waals surface area contributed by atoms with E-state index in [0.717, 1.165) is 67.1 Å². The van der Waals surface area contributed by atoms with Gasteiger partial charge in [0.2, 0.25) is 0 Å². The van der Waals surface area contributed by atoms with Gasteiger partial charge < -0.3 is 25.8 Å². The molecule has 0 spiro atoms. The molecule has 426 valence electrons. The second kappa shape index (κ2) is 26.2. The molecule has 2 aliphatic heterocycles. The lowest BCUT2D eigenvalue weighted by Gasteiger charge is -2.28. The summed E-state index contributed by atoms with van der Waals surface area (Å²) in [6.45, 7) is 6.04. The van der Waals surface area contributed by atoms with Crippen molar-refractivity contribution in [2.75, 3.05) is 45.1 Å². The Bertz CT molecular complexity index is 3630. The number of benzene rings is 6. The SMILES string of the molecule is Nc1cnc2c(c1)CN(Cc1ccc(C(=O)NCCCC(=O)OCC3c4ccccc4-c4ccccc43)cc1)CC2.O=C(CCCNC(=O)c1ccc(CN2CCc3ncc([N+](=O)[O-])cc3C2)cc1)OCC1c2ccccc2-c2ccccc21. The van der Waals surface area contributed by atoms with E-state index in [1.165, 1.54) is 56.3 Å². The average Bonchev–Trinajstić information content (AvgIpc) is 2.37. The fourth-order valence-corrected chi connectivity index (χ4v) is 11.8. The number of anilines is 1. The zero-order valence-corrected chi connectivity index (χ0v) is 46.7. The topological polar surface area (TPSA) is 212 Å². The third kappa shape index (κ3) is 13.4. The summed E-state index contributed by atoms with van der Waals surface area (Å²) in [6.07, 6.45) is 6.19. The number of aromatic nitrogens is 2. The molecule has 4 aliphatic rings. The summed E-state index contributed by atoms with van der Waals surface area (Å²) in [4.78, 5) is 74.2. The van der Waals surface area contributed by atoms with Crippen molar-refractivity contribution in [3.05, 3.63) is 247 Å². The monoisotopic (exact) mass is 1120 g/mol. The Balaban J connectivity index is 0.000000176. The number of pyridine rings is 2. The van der Waals surface area contributed by atoms with Gasteiger partial charge in [0.05, 0.1) is 16.8 Å². The fourth-order valence-electron chi connectivity index (χ4n) is 11.8. The van der Waals surface area contributed by atoms with Crippen molar-refractivity contribution in [2.45, 2.75) is 76.5 Å². The highest BCUT2D eigenvalue weighted by Crippen LogP contribution is 2.46. The van der Waals surface area contributed by atoms with Gasteiger partial charge in [-0.15, -0.1) is 0 Å². The molecule has 2 amide bonds. The first-order chi connectivity index (χ1) is 41.0. The molecule has 16 heteroatoms. The first-order valence-electron chi connectivity index (χ1n) is 28.7. The molecule has 4 N–H and O–H groups in total. The molecule has 0 atom stereocenters. The van der Waals surface area contributed by atoms with Crippen LogP contribution < -0.4 is 16.4 Å². The number of nitro groups is 1. The molecule has 16 nitrogen and oxygen atoms in total. The highest BCUT2D eigenvalue weighted by atomic mass is 16.6. The Morgan fingerprint density at radius 2 is 0.940 bits per heavy atom. The smallest absolute Gasteiger partial charge is 0.305 e. The van der Waals surface area contributed by atoms with Gasteiger partial charge in [-0.2, -0.15) is 0 Å². The van der Waals surface area contributed by atoms with E-state index in [9.17, 15) is 29.3 Å². The highest BCUT2D eigenvalue weighted by molar-refractivity contribution is 5.94. The number of hydrogen-bond acceptors (Lipinski definition) is 13. The van der Waals surface area contributed by atoms with Crippen LogP contribution in [0.4, 0.5) is 11.4 Å². The number of carbonyl (C=O) groups excluding carboxylic acids is 4. The third-order valence-electron chi connectivity index (χ3n) is 16.1. The van der Waals surface area contributed by atoms with E-state index in [4.69, 9.17) is 15.2 Å². The van der Waals surface area contributed by atoms with Crippen LogP contribution in [0.2, 0.25) is 0 Å². The number of amides is 2. The highest BCUT2D eigenvalue weighted by Gasteiger charge is 2.31. The first kappa shape index (κ1) is 56.5. The number of rotatable bonds is 19. The Kier molecular flexibility index (Phi) is 17.6. The Morgan fingerprint density at radius 1 is 0.548 bits per heavy atom. The molecular formula is C68H66N8O8. The lowest BCUT2D eigenvalue weighted by atomic mass is 9.98. The number of carbonyl (C=O) groups is 4. The van der Waals surface area contributed by atoms with E-state index >= 15 is 0 Å². The van der Waals surface area contributed by atoms with Gasteiger partial charge in [-0.3, -0.25) is 49.1 Å². The summed E-state index contributed by atoms with van der Waals surface area (Å²) in [5, 5.41) is 16.9. The zero-order chi connectivity index (χ0) is 57.9. The number of nitrogens with zero attached hydrogens (tertiary/aromatic N) is 5. The summed E-state index contributed by atoms with van der Waals surface area (Å²) in [5.74, 6) is -0.767. The minimum Gasteiger partial charge on any atom is -0.465 e. The van der Waals surface area contributed by atoms with Gasteiger partial charge in [0.15, 0.2) is 0 Å². The van der Waals surface area contributed by atoms with Gasteiger partial charge in [0.25, 0.3) is 17.5 Å². The average molecular weight is 1120 g/mol. The molecule has 4 heterocycles. The zero-order valence-electron chi connectivity index (χ0n) is 46.7. The van der Waals surface area contributed by atoms with Crippen LogP contribution in [0.5, 0.6) is 0 Å². The van der Waals surface area contributed by atoms with Crippen LogP contribution in [0.3, 0.4) is 0 Å². The molecule has 2 aliphatic carbocycles. The second-order valence-corrected chi connectivity index (χ2v) is 21.8. The van der Waals surface area contributed by atoms with E-state index in [-0.39, 0.29) is 54.1 Å². The van der Waals surface area contributed by atoms with E-state index < -0.39 is 4.92 Å². The van der Waals surface area contributed by atoms with Gasteiger partial charge in [-0.05, 0) is 110 Å². The van der Waals surface area contributed by atoms with Crippen LogP contribution in [-0.2, 0) is 58.1 Å². The fraction of sp³-hybridized carbons (Fsp3) is 0.265. The largest absolute Gasteiger partial charge is 0.465 e. The summed E-state index contributed by atoms with van der Waals surface area (Å²) >= 11 is 0. The number of nitrogens with one attached hydrogen (secondary N) is 2. The van der Waals surface area contributed by atoms with Crippen molar-refractivity contribution < 1.29 is 33.6 Å². The van der Waals surface area contributed by atoms with Gasteiger partial charge in [0.1, 0.15) is 19.4 Å². The van der Waals surface area contributed by atoms with Crippen LogP contribution >= 0.6 is 0 Å². The molecule has 2 aromatic heterocycles. The Morgan fingerprint density at radius 3 is 1.36 bits per heavy atom. The van der Waals surface area contributed by atoms with Crippen LogP contribution in [-0.4, -0.2) is 87.8 Å². The van der Waals surface area contributed by atoms with Crippen LogP contribution in [0, 0.1) is 10.1 Å². The minimum atomic E-state index is -0.419. The van der Waals surface area contributed by atoms with Gasteiger partial charge in [-0.1, -0.05) is 121 Å². The summed E-state index contributed by atoms with van der Waals surface area (Å²) in [6, 6.07) is 51.8. The van der Waals surface area contributed by atoms with Crippen molar-refractivity contribution in [1.29, 1.82) is 0 Å². The number of nitrogens with two attached hydrogens (primary N) is 1. The Labute approximate surface area is 488 Å². The molecule has 0 saturated carbocycles. The lowest BCUT2D eigenvalue weighted by Crippen LogP contribution is -2.30. The van der Waals surface area contributed by atoms with E-state index in [1.807, 2.05) is 91.0 Å². The second-order valence-electron chi connectivity index (χ2n) is 21.8. The molecule has 8 aromatic rings. The van der Waals surface area contributed by atoms with Crippen molar-refractivity contribution >= 4 is 35.1 Å². The standard InChI is InChI=1S/C34H32N4O5.C34H34N4O3/c39-33(43-22-31-29-8-3-1-6-27(29)28-7-2-4-9-30(28)31)10-5-16-35-34(40)24-13-11-23(12-14-24)20-37-17-15-32-25(21-37)18-26(19-36-32)38(41)42;35-26-18-25-21-38(17-15-32(25)37-19-26)20-23-11-13-24(14-12-23)34(40)36-16-5-10-33(39)41-22-31-29-8-3-1-6-27(29)28-7-2-4-9-30(28)31/h1-4,6-9,11-14,18-19,31H,5,10,15-17,20-22H2,(H,35,40);1-4,6-9,11-14,18-19,31H,5,10,15-17,20-22,35H2,(H,36,40). The molecule has 0 saturated heterocycles. The molecule has 0 unspecified atom stereocenters. The molecular weight excluding hydrogens is 1060 g/mol. The van der Waals surface area contributed by atoms with E-state index in [0.29, 0.717) is 69.0 Å².